The first-order valence-electron chi connectivity index (χ1n) is 10.6. The molecule has 0 radical (unpaired) electrons. The smallest absolute Gasteiger partial charge is 0.412 e. The molecule has 6 nitrogen and oxygen atoms in total. The zero-order valence-corrected chi connectivity index (χ0v) is 19.3. The Balaban J connectivity index is 1.86. The Morgan fingerprint density at radius 1 is 1.06 bits per heavy atom. The van der Waals surface area contributed by atoms with Gasteiger partial charge in [0.15, 0.2) is 0 Å². The van der Waals surface area contributed by atoms with Crippen molar-refractivity contribution < 1.29 is 24.5 Å². The second-order valence-corrected chi connectivity index (χ2v) is 8.57. The summed E-state index contributed by atoms with van der Waals surface area (Å²) in [5, 5.41) is 23.3. The first-order valence-corrected chi connectivity index (χ1v) is 11.8. The molecule has 172 valence electrons. The van der Waals surface area contributed by atoms with Crippen molar-refractivity contribution in [3.63, 3.8) is 0 Å². The molecule has 7 heteroatoms. The maximum atomic E-state index is 12.8. The van der Waals surface area contributed by atoms with Gasteiger partial charge in [-0.05, 0) is 60.7 Å². The van der Waals surface area contributed by atoms with Gasteiger partial charge in [-0.3, -0.25) is 5.32 Å². The summed E-state index contributed by atoms with van der Waals surface area (Å²) in [6.45, 7) is 1.96. The van der Waals surface area contributed by atoms with E-state index in [1.54, 1.807) is 30.0 Å². The highest BCUT2D eigenvalue weighted by Crippen LogP contribution is 2.37. The van der Waals surface area contributed by atoms with Crippen molar-refractivity contribution in [2.24, 2.45) is 5.92 Å². The number of anilines is 1. The number of hydrogen-bond donors (Lipinski definition) is 3. The van der Waals surface area contributed by atoms with Gasteiger partial charge in [0.25, 0.3) is 0 Å². The van der Waals surface area contributed by atoms with E-state index in [0.29, 0.717) is 23.9 Å². The Labute approximate surface area is 197 Å². The van der Waals surface area contributed by atoms with Gasteiger partial charge in [0.2, 0.25) is 0 Å². The predicted molar refractivity (Wildman–Crippen MR) is 132 cm³/mol. The van der Waals surface area contributed by atoms with Crippen molar-refractivity contribution in [1.82, 2.24) is 0 Å². The predicted octanol–water partition coefficient (Wildman–Crippen LogP) is 6.61. The van der Waals surface area contributed by atoms with Crippen LogP contribution in [0.4, 0.5) is 10.5 Å². The van der Waals surface area contributed by atoms with Gasteiger partial charge >= 0.3 is 12.1 Å². The molecule has 33 heavy (non-hydrogen) atoms. The number of fused-ring (bicyclic) bond motifs is 1. The maximum absolute atomic E-state index is 12.8. The number of benzene rings is 3. The van der Waals surface area contributed by atoms with Crippen molar-refractivity contribution in [3.8, 4) is 5.75 Å². The quantitative estimate of drug-likeness (QED) is 0.243. The molecule has 0 aliphatic heterocycles. The molecule has 3 N–H and O–H groups in total. The summed E-state index contributed by atoms with van der Waals surface area (Å²) in [6, 6.07) is 18.3. The number of amides is 1. The van der Waals surface area contributed by atoms with Gasteiger partial charge in [0.1, 0.15) is 11.9 Å². The second kappa shape index (κ2) is 11.4. The lowest BCUT2D eigenvalue weighted by Gasteiger charge is -2.26. The summed E-state index contributed by atoms with van der Waals surface area (Å²) in [7, 11) is 0. The summed E-state index contributed by atoms with van der Waals surface area (Å²) in [5.74, 6) is -0.948. The SMILES string of the molecule is CSc1ccc(NC(=O)O[C@@H](c2ccc(O)c3ccccc23)[C@H](C)CC/C=C/C(=O)O)cc1. The molecular weight excluding hydrogens is 438 g/mol. The third-order valence-corrected chi connectivity index (χ3v) is 6.12. The second-order valence-electron chi connectivity index (χ2n) is 7.69. The number of phenols is 1. The van der Waals surface area contributed by atoms with Gasteiger partial charge in [-0.15, -0.1) is 11.8 Å². The number of carboxylic acid groups (broad SMARTS) is 1. The fraction of sp³-hybridized carbons (Fsp3) is 0.231. The molecule has 3 rings (SSSR count). The van der Waals surface area contributed by atoms with Gasteiger partial charge in [-0.1, -0.05) is 43.3 Å². The molecule has 0 bridgehead atoms. The minimum atomic E-state index is -0.994. The van der Waals surface area contributed by atoms with Crippen LogP contribution in [0.3, 0.4) is 0 Å². The number of aromatic hydroxyl groups is 1. The molecule has 0 saturated heterocycles. The van der Waals surface area contributed by atoms with Gasteiger partial charge in [-0.2, -0.15) is 0 Å². The van der Waals surface area contributed by atoms with Crippen LogP contribution < -0.4 is 5.32 Å². The van der Waals surface area contributed by atoms with Crippen LogP contribution in [0.25, 0.3) is 10.8 Å². The Bertz CT molecular complexity index is 1140. The summed E-state index contributed by atoms with van der Waals surface area (Å²) in [5.41, 5.74) is 1.41. The number of carboxylic acids is 1. The number of allylic oxidation sites excluding steroid dienone is 1. The topological polar surface area (TPSA) is 95.9 Å². The lowest BCUT2D eigenvalue weighted by molar-refractivity contribution is -0.131. The number of phenolic OH excluding ortho intramolecular Hbond substituents is 1. The number of nitrogens with one attached hydrogen (secondary N) is 1. The molecule has 0 aliphatic carbocycles. The fourth-order valence-electron chi connectivity index (χ4n) is 3.67. The third kappa shape index (κ3) is 6.52. The molecule has 0 aromatic heterocycles. The number of rotatable bonds is 9. The van der Waals surface area contributed by atoms with E-state index in [0.717, 1.165) is 21.9 Å². The van der Waals surface area contributed by atoms with Crippen LogP contribution in [-0.4, -0.2) is 28.5 Å². The molecule has 0 spiro atoms. The molecular formula is C26H27NO5S. The Kier molecular flexibility index (Phi) is 8.38. The molecule has 3 aromatic rings. The Hall–Kier alpha value is -3.45. The maximum Gasteiger partial charge on any atom is 0.412 e. The molecule has 0 aliphatic rings. The molecule has 0 unspecified atom stereocenters. The van der Waals surface area contributed by atoms with E-state index in [1.807, 2.05) is 61.7 Å². The first kappa shape index (κ1) is 24.2. The van der Waals surface area contributed by atoms with Crippen LogP contribution in [0.15, 0.2) is 77.7 Å². The zero-order chi connectivity index (χ0) is 23.8. The van der Waals surface area contributed by atoms with Crippen LogP contribution in [-0.2, 0) is 9.53 Å². The van der Waals surface area contributed by atoms with Gasteiger partial charge in [0.05, 0.1) is 0 Å². The van der Waals surface area contributed by atoms with E-state index in [2.05, 4.69) is 5.32 Å². The molecule has 2 atom stereocenters. The van der Waals surface area contributed by atoms with Crippen molar-refractivity contribution >= 4 is 40.3 Å². The average Bonchev–Trinajstić information content (AvgIpc) is 2.81. The highest BCUT2D eigenvalue weighted by atomic mass is 32.2. The van der Waals surface area contributed by atoms with Crippen molar-refractivity contribution in [2.75, 3.05) is 11.6 Å². The summed E-state index contributed by atoms with van der Waals surface area (Å²) < 4.78 is 5.91. The van der Waals surface area contributed by atoms with E-state index in [4.69, 9.17) is 9.84 Å². The fourth-order valence-corrected chi connectivity index (χ4v) is 4.08. The standard InChI is InChI=1S/C26H27NO5S/c1-17(7-3-6-10-24(29)30)25(22-15-16-23(28)21-9-5-4-8-20(21)22)32-26(31)27-18-11-13-19(33-2)14-12-18/h4-6,8-17,25,28H,3,7H2,1-2H3,(H,27,31)(H,29,30)/b10-6+/t17-,25-/m1/s1. The molecule has 1 amide bonds. The van der Waals surface area contributed by atoms with Crippen LogP contribution in [0.2, 0.25) is 0 Å². The lowest BCUT2D eigenvalue weighted by Crippen LogP contribution is -2.22. The number of carbonyl (C=O) groups is 2. The Morgan fingerprint density at radius 3 is 2.42 bits per heavy atom. The number of hydrogen-bond acceptors (Lipinski definition) is 5. The van der Waals surface area contributed by atoms with Gasteiger partial charge in [0, 0.05) is 27.6 Å². The number of carbonyl (C=O) groups excluding carboxylic acids is 1. The minimum Gasteiger partial charge on any atom is -0.507 e. The van der Waals surface area contributed by atoms with Crippen LogP contribution >= 0.6 is 11.8 Å². The minimum absolute atomic E-state index is 0.110. The van der Waals surface area contributed by atoms with Crippen LogP contribution in [0.5, 0.6) is 5.75 Å². The number of aliphatic carboxylic acids is 1. The number of thioether (sulfide) groups is 1. The molecule has 0 saturated carbocycles. The van der Waals surface area contributed by atoms with Crippen molar-refractivity contribution in [1.29, 1.82) is 0 Å². The van der Waals surface area contributed by atoms with Gasteiger partial charge < -0.3 is 14.9 Å². The molecule has 0 fully saturated rings. The molecule has 0 heterocycles. The van der Waals surface area contributed by atoms with E-state index in [1.165, 1.54) is 0 Å². The third-order valence-electron chi connectivity index (χ3n) is 5.38. The van der Waals surface area contributed by atoms with E-state index in [9.17, 15) is 14.7 Å². The van der Waals surface area contributed by atoms with E-state index in [-0.39, 0.29) is 11.7 Å². The van der Waals surface area contributed by atoms with Crippen molar-refractivity contribution in [3.05, 3.63) is 78.4 Å². The van der Waals surface area contributed by atoms with Crippen molar-refractivity contribution in [2.45, 2.75) is 30.8 Å². The monoisotopic (exact) mass is 465 g/mol. The zero-order valence-electron chi connectivity index (χ0n) is 18.5. The van der Waals surface area contributed by atoms with E-state index < -0.39 is 18.2 Å². The first-order chi connectivity index (χ1) is 15.9. The Morgan fingerprint density at radius 2 is 1.76 bits per heavy atom. The molecule has 3 aromatic carbocycles. The highest BCUT2D eigenvalue weighted by molar-refractivity contribution is 7.98. The van der Waals surface area contributed by atoms with Crippen LogP contribution in [0, 0.1) is 5.92 Å². The highest BCUT2D eigenvalue weighted by Gasteiger charge is 2.26. The lowest BCUT2D eigenvalue weighted by atomic mass is 9.89. The normalized spacial score (nSPS) is 13.0. The van der Waals surface area contributed by atoms with Gasteiger partial charge in [-0.25, -0.2) is 9.59 Å². The number of ether oxygens (including phenoxy) is 1. The summed E-state index contributed by atoms with van der Waals surface area (Å²) >= 11 is 1.61. The van der Waals surface area contributed by atoms with E-state index >= 15 is 0 Å². The summed E-state index contributed by atoms with van der Waals surface area (Å²) in [4.78, 5) is 24.6. The van der Waals surface area contributed by atoms with Crippen LogP contribution in [0.1, 0.15) is 31.4 Å². The largest absolute Gasteiger partial charge is 0.507 e. The summed E-state index contributed by atoms with van der Waals surface area (Å²) in [6.07, 6.45) is 4.65. The average molecular weight is 466 g/mol.